The Morgan fingerprint density at radius 3 is 3.13 bits per heavy atom. The summed E-state index contributed by atoms with van der Waals surface area (Å²) in [4.78, 5) is 4.29. The van der Waals surface area contributed by atoms with Gasteiger partial charge in [-0.15, -0.1) is 11.3 Å². The van der Waals surface area contributed by atoms with Gasteiger partial charge in [0.2, 0.25) is 0 Å². The van der Waals surface area contributed by atoms with Crippen molar-refractivity contribution in [2.45, 2.75) is 32.9 Å². The predicted octanol–water partition coefficient (Wildman–Crippen LogP) is 2.76. The lowest BCUT2D eigenvalue weighted by Gasteiger charge is -2.35. The molecular weight excluding hydrogens is 224 g/mol. The number of nitrogens with zero attached hydrogens (tertiary/aromatic N) is 1. The Hall–Kier alpha value is -0.0600. The molecule has 2 nitrogen and oxygen atoms in total. The third-order valence-corrected chi connectivity index (χ3v) is 5.04. The Morgan fingerprint density at radius 2 is 2.47 bits per heavy atom. The van der Waals surface area contributed by atoms with Gasteiger partial charge in [0.15, 0.2) is 0 Å². The first-order valence-electron chi connectivity index (χ1n) is 5.35. The van der Waals surface area contributed by atoms with Crippen molar-refractivity contribution in [1.29, 1.82) is 0 Å². The Bertz CT molecular complexity index is 296. The fourth-order valence-electron chi connectivity index (χ4n) is 1.97. The fraction of sp³-hybridized carbons (Fsp3) is 0.727. The zero-order chi connectivity index (χ0) is 10.7. The summed E-state index contributed by atoms with van der Waals surface area (Å²) in [5, 5.41) is 6.84. The molecule has 0 spiro atoms. The minimum absolute atomic E-state index is 0.490. The van der Waals surface area contributed by atoms with Crippen molar-refractivity contribution in [2.75, 3.05) is 11.5 Å². The van der Waals surface area contributed by atoms with E-state index < -0.39 is 0 Å². The van der Waals surface area contributed by atoms with Gasteiger partial charge in [0.05, 0.1) is 0 Å². The van der Waals surface area contributed by atoms with E-state index >= 15 is 0 Å². The van der Waals surface area contributed by atoms with Crippen LogP contribution in [-0.2, 0) is 6.54 Å². The van der Waals surface area contributed by atoms with Gasteiger partial charge in [-0.2, -0.15) is 11.8 Å². The molecule has 0 bridgehead atoms. The second-order valence-electron chi connectivity index (χ2n) is 4.89. The molecular formula is C11H18N2S2. The summed E-state index contributed by atoms with van der Waals surface area (Å²) in [6.45, 7) is 5.65. The number of thiazole rings is 1. The van der Waals surface area contributed by atoms with Gasteiger partial charge in [-0.05, 0) is 17.6 Å². The average Bonchev–Trinajstić information content (AvgIpc) is 2.65. The monoisotopic (exact) mass is 242 g/mol. The highest BCUT2D eigenvalue weighted by molar-refractivity contribution is 7.99. The quantitative estimate of drug-likeness (QED) is 0.882. The van der Waals surface area contributed by atoms with Gasteiger partial charge < -0.3 is 5.32 Å². The lowest BCUT2D eigenvalue weighted by atomic mass is 9.88. The molecule has 1 aromatic rings. The van der Waals surface area contributed by atoms with Crippen LogP contribution in [0, 0.1) is 5.41 Å². The van der Waals surface area contributed by atoms with Gasteiger partial charge in [0, 0.05) is 29.9 Å². The number of rotatable bonds is 3. The Kier molecular flexibility index (Phi) is 3.69. The fourth-order valence-corrected chi connectivity index (χ4v) is 3.84. The highest BCUT2D eigenvalue weighted by atomic mass is 32.2. The maximum absolute atomic E-state index is 4.29. The molecule has 0 aliphatic carbocycles. The zero-order valence-corrected chi connectivity index (χ0v) is 11.0. The number of nitrogens with one attached hydrogen (secondary N) is 1. The van der Waals surface area contributed by atoms with Crippen LogP contribution in [0.2, 0.25) is 0 Å². The van der Waals surface area contributed by atoms with E-state index in [-0.39, 0.29) is 0 Å². The second-order valence-corrected chi connectivity index (χ2v) is 6.90. The summed E-state index contributed by atoms with van der Waals surface area (Å²) in [7, 11) is 0. The van der Waals surface area contributed by atoms with Gasteiger partial charge in [0.1, 0.15) is 5.01 Å². The second kappa shape index (κ2) is 4.85. The Labute approximate surface area is 99.9 Å². The molecule has 84 valence electrons. The van der Waals surface area contributed by atoms with Gasteiger partial charge in [-0.3, -0.25) is 0 Å². The largest absolute Gasteiger partial charge is 0.307 e. The molecule has 1 unspecified atom stereocenters. The summed E-state index contributed by atoms with van der Waals surface area (Å²) in [6.07, 6.45) is 3.16. The molecule has 0 amide bonds. The van der Waals surface area contributed by atoms with E-state index in [0.29, 0.717) is 11.5 Å². The van der Waals surface area contributed by atoms with Gasteiger partial charge >= 0.3 is 0 Å². The highest BCUT2D eigenvalue weighted by Gasteiger charge is 2.27. The van der Waals surface area contributed by atoms with E-state index in [9.17, 15) is 0 Å². The predicted molar refractivity (Wildman–Crippen MR) is 68.5 cm³/mol. The molecule has 1 atom stereocenters. The molecule has 0 aromatic carbocycles. The SMILES string of the molecule is CC1(C)CSCC(NCc2nccs2)C1. The van der Waals surface area contributed by atoms with Crippen LogP contribution in [-0.4, -0.2) is 22.5 Å². The lowest BCUT2D eigenvalue weighted by molar-refractivity contribution is 0.317. The summed E-state index contributed by atoms with van der Waals surface area (Å²) in [5.74, 6) is 2.54. The summed E-state index contributed by atoms with van der Waals surface area (Å²) in [6, 6.07) is 0.655. The molecule has 1 aliphatic rings. The molecule has 4 heteroatoms. The van der Waals surface area contributed by atoms with Crippen molar-refractivity contribution in [3.8, 4) is 0 Å². The molecule has 15 heavy (non-hydrogen) atoms. The van der Waals surface area contributed by atoms with Crippen LogP contribution in [0.4, 0.5) is 0 Å². The van der Waals surface area contributed by atoms with E-state index in [2.05, 4.69) is 35.9 Å². The third-order valence-electron chi connectivity index (χ3n) is 2.64. The van der Waals surface area contributed by atoms with Crippen LogP contribution in [0.3, 0.4) is 0 Å². The van der Waals surface area contributed by atoms with E-state index in [1.54, 1.807) is 11.3 Å². The lowest BCUT2D eigenvalue weighted by Crippen LogP contribution is -2.39. The van der Waals surface area contributed by atoms with Crippen molar-refractivity contribution in [3.05, 3.63) is 16.6 Å². The molecule has 1 N–H and O–H groups in total. The topological polar surface area (TPSA) is 24.9 Å². The zero-order valence-electron chi connectivity index (χ0n) is 9.32. The average molecular weight is 242 g/mol. The molecule has 1 fully saturated rings. The van der Waals surface area contributed by atoms with Crippen LogP contribution in [0.5, 0.6) is 0 Å². The molecule has 1 aromatic heterocycles. The van der Waals surface area contributed by atoms with Crippen molar-refractivity contribution >= 4 is 23.1 Å². The van der Waals surface area contributed by atoms with Crippen molar-refractivity contribution < 1.29 is 0 Å². The summed E-state index contributed by atoms with van der Waals surface area (Å²) < 4.78 is 0. The van der Waals surface area contributed by atoms with E-state index in [0.717, 1.165) is 6.54 Å². The molecule has 2 rings (SSSR count). The summed E-state index contributed by atoms with van der Waals surface area (Å²) in [5.41, 5.74) is 0.490. The van der Waals surface area contributed by atoms with Gasteiger partial charge in [-0.1, -0.05) is 13.8 Å². The minimum Gasteiger partial charge on any atom is -0.307 e. The first-order chi connectivity index (χ1) is 7.16. The summed E-state index contributed by atoms with van der Waals surface area (Å²) >= 11 is 3.80. The maximum atomic E-state index is 4.29. The van der Waals surface area contributed by atoms with Crippen LogP contribution in [0.1, 0.15) is 25.3 Å². The first kappa shape index (κ1) is 11.4. The number of thioether (sulfide) groups is 1. The van der Waals surface area contributed by atoms with Gasteiger partial charge in [-0.25, -0.2) is 4.98 Å². The normalized spacial score (nSPS) is 25.3. The smallest absolute Gasteiger partial charge is 0.106 e. The van der Waals surface area contributed by atoms with Crippen LogP contribution < -0.4 is 5.32 Å². The van der Waals surface area contributed by atoms with E-state index in [1.165, 1.54) is 22.9 Å². The minimum atomic E-state index is 0.490. The molecule has 0 radical (unpaired) electrons. The number of aromatic nitrogens is 1. The van der Waals surface area contributed by atoms with Crippen LogP contribution in [0.25, 0.3) is 0 Å². The third kappa shape index (κ3) is 3.47. The Morgan fingerprint density at radius 1 is 1.60 bits per heavy atom. The van der Waals surface area contributed by atoms with Crippen LogP contribution >= 0.6 is 23.1 Å². The van der Waals surface area contributed by atoms with Crippen LogP contribution in [0.15, 0.2) is 11.6 Å². The highest BCUT2D eigenvalue weighted by Crippen LogP contribution is 2.33. The number of hydrogen-bond donors (Lipinski definition) is 1. The Balaban J connectivity index is 1.80. The molecule has 0 saturated carbocycles. The number of hydrogen-bond acceptors (Lipinski definition) is 4. The standard InChI is InChI=1S/C11H18N2S2/c1-11(2)5-9(7-14-8-11)13-6-10-12-3-4-15-10/h3-4,9,13H,5-8H2,1-2H3. The molecule has 1 saturated heterocycles. The van der Waals surface area contributed by atoms with Crippen molar-refractivity contribution in [1.82, 2.24) is 10.3 Å². The maximum Gasteiger partial charge on any atom is 0.106 e. The van der Waals surface area contributed by atoms with E-state index in [4.69, 9.17) is 0 Å². The van der Waals surface area contributed by atoms with Crippen molar-refractivity contribution in [3.63, 3.8) is 0 Å². The molecule has 1 aliphatic heterocycles. The first-order valence-corrected chi connectivity index (χ1v) is 7.39. The van der Waals surface area contributed by atoms with E-state index in [1.807, 2.05) is 11.6 Å². The van der Waals surface area contributed by atoms with Crippen molar-refractivity contribution in [2.24, 2.45) is 5.41 Å². The van der Waals surface area contributed by atoms with Gasteiger partial charge in [0.25, 0.3) is 0 Å². The molecule has 2 heterocycles.